The summed E-state index contributed by atoms with van der Waals surface area (Å²) in [6.45, 7) is 2.52. The molecule has 0 saturated heterocycles. The van der Waals surface area contributed by atoms with Crippen LogP contribution in [-0.2, 0) is 22.1 Å². The Kier molecular flexibility index (Phi) is 6.60. The molecular weight excluding hydrogens is 248 g/mol. The fraction of sp³-hybridized carbons (Fsp3) is 0.462. The molecule has 0 bridgehead atoms. The highest BCUT2D eigenvalue weighted by atomic mass is 32.2. The molecule has 1 unspecified atom stereocenters. The van der Waals surface area contributed by atoms with E-state index < -0.39 is 10.8 Å². The molecule has 0 radical (unpaired) electrons. The quantitative estimate of drug-likeness (QED) is 0.789. The Labute approximate surface area is 110 Å². The lowest BCUT2D eigenvalue weighted by Crippen LogP contribution is -2.20. The number of unbranched alkanes of at least 4 members (excludes halogenated alkanes) is 1. The molecule has 1 rings (SSSR count). The summed E-state index contributed by atoms with van der Waals surface area (Å²) < 4.78 is 11.5. The van der Waals surface area contributed by atoms with Crippen molar-refractivity contribution in [3.63, 3.8) is 0 Å². The highest BCUT2D eigenvalue weighted by Crippen LogP contribution is 2.09. The number of carbonyl (C=O) groups is 1. The summed E-state index contributed by atoms with van der Waals surface area (Å²) in [6, 6.07) is 7.33. The smallest absolute Gasteiger partial charge is 0.236 e. The molecule has 0 aliphatic heterocycles. The van der Waals surface area contributed by atoms with Crippen LogP contribution in [0.15, 0.2) is 24.3 Å². The number of nitrogens with one attached hydrogen (secondary N) is 1. The lowest BCUT2D eigenvalue weighted by molar-refractivity contribution is -0.113. The highest BCUT2D eigenvalue weighted by molar-refractivity contribution is 7.85. The summed E-state index contributed by atoms with van der Waals surface area (Å²) in [5.74, 6) is 0.458. The first kappa shape index (κ1) is 14.9. The van der Waals surface area contributed by atoms with Gasteiger partial charge >= 0.3 is 0 Å². The maximum atomic E-state index is 11.6. The van der Waals surface area contributed by atoms with Crippen LogP contribution < -0.4 is 11.1 Å². The van der Waals surface area contributed by atoms with E-state index in [9.17, 15) is 9.00 Å². The Morgan fingerprint density at radius 1 is 1.33 bits per heavy atom. The van der Waals surface area contributed by atoms with Crippen molar-refractivity contribution in [2.24, 2.45) is 5.73 Å². The first-order valence-corrected chi connectivity index (χ1v) is 7.58. The molecule has 1 aromatic rings. The van der Waals surface area contributed by atoms with Crippen LogP contribution in [-0.4, -0.2) is 21.6 Å². The van der Waals surface area contributed by atoms with Crippen molar-refractivity contribution in [2.45, 2.75) is 26.3 Å². The van der Waals surface area contributed by atoms with Crippen LogP contribution in [0, 0.1) is 0 Å². The minimum atomic E-state index is -1.06. The van der Waals surface area contributed by atoms with Gasteiger partial charge in [-0.2, -0.15) is 0 Å². The zero-order valence-electron chi connectivity index (χ0n) is 10.6. The lowest BCUT2D eigenvalue weighted by Gasteiger charge is -2.06. The van der Waals surface area contributed by atoms with Crippen molar-refractivity contribution in [2.75, 3.05) is 16.8 Å². The summed E-state index contributed by atoms with van der Waals surface area (Å²) in [5.41, 5.74) is 7.21. The number of rotatable bonds is 7. The van der Waals surface area contributed by atoms with Gasteiger partial charge in [-0.05, 0) is 24.1 Å². The van der Waals surface area contributed by atoms with Crippen molar-refractivity contribution in [1.82, 2.24) is 0 Å². The second-order valence-corrected chi connectivity index (χ2v) is 5.67. The third-order valence-electron chi connectivity index (χ3n) is 2.49. The van der Waals surface area contributed by atoms with Crippen LogP contribution in [0.2, 0.25) is 0 Å². The summed E-state index contributed by atoms with van der Waals surface area (Å²) in [5, 5.41) is 2.73. The van der Waals surface area contributed by atoms with E-state index in [0.29, 0.717) is 18.0 Å². The topological polar surface area (TPSA) is 72.2 Å². The van der Waals surface area contributed by atoms with E-state index in [1.807, 2.05) is 19.1 Å². The van der Waals surface area contributed by atoms with Gasteiger partial charge in [-0.3, -0.25) is 9.00 Å². The number of carbonyl (C=O) groups excluding carboxylic acids is 1. The second kappa shape index (κ2) is 8.00. The molecule has 100 valence electrons. The van der Waals surface area contributed by atoms with Crippen molar-refractivity contribution in [3.8, 4) is 0 Å². The molecule has 0 spiro atoms. The van der Waals surface area contributed by atoms with E-state index in [1.54, 1.807) is 12.1 Å². The van der Waals surface area contributed by atoms with Gasteiger partial charge in [0.1, 0.15) is 5.75 Å². The predicted octanol–water partition coefficient (Wildman–Crippen LogP) is 1.63. The Balaban J connectivity index is 2.41. The molecule has 0 aliphatic rings. The first-order valence-electron chi connectivity index (χ1n) is 6.09. The van der Waals surface area contributed by atoms with Gasteiger partial charge in [-0.15, -0.1) is 0 Å². The van der Waals surface area contributed by atoms with Crippen molar-refractivity contribution in [3.05, 3.63) is 29.8 Å². The molecule has 18 heavy (non-hydrogen) atoms. The molecule has 3 N–H and O–H groups in total. The van der Waals surface area contributed by atoms with Crippen molar-refractivity contribution >= 4 is 22.4 Å². The van der Waals surface area contributed by atoms with Gasteiger partial charge in [0.05, 0.1) is 0 Å². The van der Waals surface area contributed by atoms with E-state index >= 15 is 0 Å². The van der Waals surface area contributed by atoms with Crippen LogP contribution >= 0.6 is 0 Å². The van der Waals surface area contributed by atoms with Crippen LogP contribution in [0.1, 0.15) is 25.3 Å². The molecule has 1 aromatic carbocycles. The van der Waals surface area contributed by atoms with Gasteiger partial charge in [-0.1, -0.05) is 25.5 Å². The van der Waals surface area contributed by atoms with E-state index in [0.717, 1.165) is 18.4 Å². The third-order valence-corrected chi connectivity index (χ3v) is 3.82. The van der Waals surface area contributed by atoms with Crippen LogP contribution in [0.3, 0.4) is 0 Å². The van der Waals surface area contributed by atoms with Gasteiger partial charge in [0.25, 0.3) is 0 Å². The molecule has 1 atom stereocenters. The maximum absolute atomic E-state index is 11.6. The first-order chi connectivity index (χ1) is 8.65. The molecular formula is C13H20N2O2S. The number of anilines is 1. The number of nitrogens with two attached hydrogens (primary N) is 1. The van der Waals surface area contributed by atoms with E-state index in [1.165, 1.54) is 0 Å². The number of benzene rings is 1. The molecule has 4 nitrogen and oxygen atoms in total. The average Bonchev–Trinajstić information content (AvgIpc) is 2.37. The van der Waals surface area contributed by atoms with Gasteiger partial charge in [0.2, 0.25) is 5.91 Å². The van der Waals surface area contributed by atoms with Gasteiger partial charge in [-0.25, -0.2) is 0 Å². The molecule has 0 aromatic heterocycles. The highest BCUT2D eigenvalue weighted by Gasteiger charge is 2.07. The van der Waals surface area contributed by atoms with Crippen molar-refractivity contribution < 1.29 is 9.00 Å². The van der Waals surface area contributed by atoms with Crippen LogP contribution in [0.25, 0.3) is 0 Å². The molecule has 0 fully saturated rings. The standard InChI is InChI=1S/C13H20N2O2S/c1-2-3-8-18(17)10-13(16)15-12-6-4-11(9-14)5-7-12/h4-7H,2-3,8-10,14H2,1H3,(H,15,16). The monoisotopic (exact) mass is 268 g/mol. The van der Waals surface area contributed by atoms with E-state index in [-0.39, 0.29) is 11.7 Å². The minimum Gasteiger partial charge on any atom is -0.326 e. The van der Waals surface area contributed by atoms with E-state index in [2.05, 4.69) is 5.32 Å². The summed E-state index contributed by atoms with van der Waals surface area (Å²) in [4.78, 5) is 11.6. The van der Waals surface area contributed by atoms with Crippen LogP contribution in [0.5, 0.6) is 0 Å². The normalized spacial score (nSPS) is 12.1. The zero-order chi connectivity index (χ0) is 13.4. The Hall–Kier alpha value is -1.20. The SMILES string of the molecule is CCCCS(=O)CC(=O)Nc1ccc(CN)cc1. The van der Waals surface area contributed by atoms with Gasteiger partial charge in [0.15, 0.2) is 0 Å². The Morgan fingerprint density at radius 3 is 2.56 bits per heavy atom. The largest absolute Gasteiger partial charge is 0.326 e. The van der Waals surface area contributed by atoms with Crippen LogP contribution in [0.4, 0.5) is 5.69 Å². The second-order valence-electron chi connectivity index (χ2n) is 4.09. The number of amides is 1. The van der Waals surface area contributed by atoms with E-state index in [4.69, 9.17) is 5.73 Å². The molecule has 5 heteroatoms. The minimum absolute atomic E-state index is 0.0681. The fourth-order valence-electron chi connectivity index (χ4n) is 1.44. The Morgan fingerprint density at radius 2 is 2.00 bits per heavy atom. The lowest BCUT2D eigenvalue weighted by atomic mass is 10.2. The number of hydrogen-bond acceptors (Lipinski definition) is 3. The van der Waals surface area contributed by atoms with Crippen molar-refractivity contribution in [1.29, 1.82) is 0 Å². The van der Waals surface area contributed by atoms with Gasteiger partial charge < -0.3 is 11.1 Å². The number of hydrogen-bond donors (Lipinski definition) is 2. The summed E-state index contributed by atoms with van der Waals surface area (Å²) in [7, 11) is -1.06. The molecule has 0 heterocycles. The summed E-state index contributed by atoms with van der Waals surface area (Å²) >= 11 is 0. The third kappa shape index (κ3) is 5.42. The fourth-order valence-corrected chi connectivity index (χ4v) is 2.56. The molecule has 0 saturated carbocycles. The predicted molar refractivity (Wildman–Crippen MR) is 75.7 cm³/mol. The zero-order valence-corrected chi connectivity index (χ0v) is 11.5. The maximum Gasteiger partial charge on any atom is 0.236 e. The molecule has 1 amide bonds. The van der Waals surface area contributed by atoms with Gasteiger partial charge in [0, 0.05) is 28.8 Å². The Bertz CT molecular complexity index is 404. The average molecular weight is 268 g/mol. The molecule has 0 aliphatic carbocycles. The summed E-state index contributed by atoms with van der Waals surface area (Å²) in [6.07, 6.45) is 1.89.